The predicted octanol–water partition coefficient (Wildman–Crippen LogP) is 6.01. The first-order valence-corrected chi connectivity index (χ1v) is 12.1. The molecule has 1 fully saturated rings. The van der Waals surface area contributed by atoms with E-state index in [2.05, 4.69) is 20.5 Å². The number of carbonyl (C=O) groups excluding carboxylic acids is 2. The Morgan fingerprint density at radius 3 is 2.68 bits per heavy atom. The second kappa shape index (κ2) is 10.2. The van der Waals surface area contributed by atoms with Gasteiger partial charge in [-0.2, -0.15) is 18.3 Å². The van der Waals surface area contributed by atoms with Crippen LogP contribution in [0.25, 0.3) is 11.1 Å². The van der Waals surface area contributed by atoms with Crippen molar-refractivity contribution in [1.82, 2.24) is 20.1 Å². The second-order valence-corrected chi connectivity index (χ2v) is 9.02. The molecule has 4 aromatic rings. The van der Waals surface area contributed by atoms with Gasteiger partial charge >= 0.3 is 6.18 Å². The van der Waals surface area contributed by atoms with Gasteiger partial charge < -0.3 is 14.6 Å². The molecule has 196 valence electrons. The van der Waals surface area contributed by atoms with Gasteiger partial charge in [0.05, 0.1) is 17.3 Å². The normalized spacial score (nSPS) is 15.9. The van der Waals surface area contributed by atoms with Crippen molar-refractivity contribution in [3.05, 3.63) is 89.3 Å². The van der Waals surface area contributed by atoms with Crippen molar-refractivity contribution in [2.45, 2.75) is 38.4 Å². The number of amides is 2. The Morgan fingerprint density at radius 1 is 1.13 bits per heavy atom. The molecule has 1 aliphatic rings. The van der Waals surface area contributed by atoms with Crippen LogP contribution in [0, 0.1) is 6.92 Å². The van der Waals surface area contributed by atoms with Gasteiger partial charge in [-0.25, -0.2) is 0 Å². The highest BCUT2D eigenvalue weighted by Gasteiger charge is 2.39. The number of hydrogen-bond acceptors (Lipinski definition) is 5. The van der Waals surface area contributed by atoms with Gasteiger partial charge in [0.15, 0.2) is 5.82 Å². The van der Waals surface area contributed by atoms with Crippen molar-refractivity contribution in [3.63, 3.8) is 0 Å². The Hall–Kier alpha value is -4.41. The van der Waals surface area contributed by atoms with Crippen molar-refractivity contribution in [1.29, 1.82) is 0 Å². The summed E-state index contributed by atoms with van der Waals surface area (Å²) in [5.41, 5.74) is 0.726. The summed E-state index contributed by atoms with van der Waals surface area (Å²) in [6.45, 7) is 1.78. The molecule has 4 heterocycles. The SMILES string of the molecule is Cc1occ(C(F)(F)F)c1C(=O)Nc1cc(C2CCCCN2C(=O)c2ncccc2-c2ccccc2)[nH]n1. The van der Waals surface area contributed by atoms with E-state index in [1.54, 1.807) is 17.2 Å². The molecular formula is C27H24F3N5O3. The van der Waals surface area contributed by atoms with Crippen molar-refractivity contribution in [2.75, 3.05) is 11.9 Å². The molecule has 0 spiro atoms. The average molecular weight is 524 g/mol. The van der Waals surface area contributed by atoms with Crippen molar-refractivity contribution in [2.24, 2.45) is 0 Å². The number of pyridine rings is 1. The van der Waals surface area contributed by atoms with E-state index in [0.717, 1.165) is 24.0 Å². The van der Waals surface area contributed by atoms with Crippen molar-refractivity contribution in [3.8, 4) is 11.1 Å². The number of alkyl halides is 3. The van der Waals surface area contributed by atoms with Crippen molar-refractivity contribution >= 4 is 17.6 Å². The Labute approximate surface area is 215 Å². The zero-order valence-electron chi connectivity index (χ0n) is 20.4. The summed E-state index contributed by atoms with van der Waals surface area (Å²) < 4.78 is 44.7. The quantitative estimate of drug-likeness (QED) is 0.333. The molecule has 8 nitrogen and oxygen atoms in total. The molecule has 0 bridgehead atoms. The number of nitrogens with one attached hydrogen (secondary N) is 2. The van der Waals surface area contributed by atoms with Crippen molar-refractivity contribution < 1.29 is 27.2 Å². The van der Waals surface area contributed by atoms with Crippen LogP contribution < -0.4 is 5.32 Å². The number of nitrogens with zero attached hydrogens (tertiary/aromatic N) is 3. The molecule has 1 atom stereocenters. The third-order valence-corrected chi connectivity index (χ3v) is 6.56. The number of aromatic amines is 1. The van der Waals surface area contributed by atoms with E-state index in [0.29, 0.717) is 30.6 Å². The van der Waals surface area contributed by atoms with Crippen LogP contribution in [0.15, 0.2) is 65.4 Å². The van der Waals surface area contributed by atoms with Gasteiger partial charge in [-0.15, -0.1) is 0 Å². The van der Waals surface area contributed by atoms with Gasteiger partial charge in [0.1, 0.15) is 23.3 Å². The summed E-state index contributed by atoms with van der Waals surface area (Å²) in [5.74, 6) is -1.34. The molecule has 1 saturated heterocycles. The van der Waals surface area contributed by atoms with Gasteiger partial charge in [0.25, 0.3) is 11.8 Å². The van der Waals surface area contributed by atoms with Gasteiger partial charge in [0.2, 0.25) is 0 Å². The van der Waals surface area contributed by atoms with Crippen LogP contribution in [0.4, 0.5) is 19.0 Å². The number of piperidine rings is 1. The highest BCUT2D eigenvalue weighted by atomic mass is 19.4. The Bertz CT molecular complexity index is 1460. The number of aryl methyl sites for hydroxylation is 1. The van der Waals surface area contributed by atoms with E-state index in [4.69, 9.17) is 4.42 Å². The van der Waals surface area contributed by atoms with Gasteiger partial charge in [-0.3, -0.25) is 19.7 Å². The fraction of sp³-hybridized carbons (Fsp3) is 0.259. The molecule has 1 aliphatic heterocycles. The zero-order chi connectivity index (χ0) is 26.9. The first-order chi connectivity index (χ1) is 18.2. The summed E-state index contributed by atoms with van der Waals surface area (Å²) in [6.07, 6.45) is -0.315. The molecule has 0 aliphatic carbocycles. The maximum atomic E-state index is 13.7. The Balaban J connectivity index is 1.39. The number of halogens is 3. The van der Waals surface area contributed by atoms with Gasteiger partial charge in [-0.05, 0) is 37.8 Å². The van der Waals surface area contributed by atoms with E-state index >= 15 is 0 Å². The monoisotopic (exact) mass is 523 g/mol. The van der Waals surface area contributed by atoms with E-state index in [1.165, 1.54) is 13.0 Å². The van der Waals surface area contributed by atoms with E-state index in [9.17, 15) is 22.8 Å². The smallest absolute Gasteiger partial charge is 0.420 e. The number of aromatic nitrogens is 3. The summed E-state index contributed by atoms with van der Waals surface area (Å²) in [5, 5.41) is 9.32. The average Bonchev–Trinajstić information content (AvgIpc) is 3.55. The minimum Gasteiger partial charge on any atom is -0.468 e. The molecule has 11 heteroatoms. The highest BCUT2D eigenvalue weighted by molar-refractivity contribution is 6.05. The second-order valence-electron chi connectivity index (χ2n) is 9.02. The molecule has 2 N–H and O–H groups in total. The third-order valence-electron chi connectivity index (χ3n) is 6.56. The molecule has 3 aromatic heterocycles. The Kier molecular flexibility index (Phi) is 6.75. The summed E-state index contributed by atoms with van der Waals surface area (Å²) >= 11 is 0. The standard InChI is InChI=1S/C27H24F3N5O3/c1-16-23(19(15-38-16)27(28,29)30)25(36)32-22-14-20(33-34-22)21-11-5-6-13-35(21)26(37)24-18(10-7-12-31-24)17-8-3-2-4-9-17/h2-4,7-10,12,14-15,21H,5-6,11,13H2,1H3,(H2,32,33,34,36). The third kappa shape index (κ3) is 4.91. The van der Waals surface area contributed by atoms with Crippen LogP contribution in [0.2, 0.25) is 0 Å². The van der Waals surface area contributed by atoms with Gasteiger partial charge in [-0.1, -0.05) is 36.4 Å². The first kappa shape index (κ1) is 25.2. The molecule has 1 unspecified atom stereocenters. The molecule has 0 radical (unpaired) electrons. The lowest BCUT2D eigenvalue weighted by Crippen LogP contribution is -2.39. The van der Waals surface area contributed by atoms with Crippen LogP contribution in [0.5, 0.6) is 0 Å². The molecule has 0 saturated carbocycles. The number of rotatable bonds is 5. The molecule has 38 heavy (non-hydrogen) atoms. The number of benzene rings is 1. The van der Waals surface area contributed by atoms with E-state index in [-0.39, 0.29) is 23.5 Å². The summed E-state index contributed by atoms with van der Waals surface area (Å²) in [6, 6.07) is 14.3. The lowest BCUT2D eigenvalue weighted by atomic mass is 9.97. The van der Waals surface area contributed by atoms with Gasteiger partial charge in [0, 0.05) is 24.4 Å². The fourth-order valence-corrected chi connectivity index (χ4v) is 4.76. The number of H-pyrrole nitrogens is 1. The maximum absolute atomic E-state index is 13.7. The molecular weight excluding hydrogens is 499 g/mol. The highest BCUT2D eigenvalue weighted by Crippen LogP contribution is 2.36. The van der Waals surface area contributed by atoms with Crippen LogP contribution in [0.1, 0.15) is 63.2 Å². The summed E-state index contributed by atoms with van der Waals surface area (Å²) in [4.78, 5) is 32.5. The molecule has 5 rings (SSSR count). The van der Waals surface area contributed by atoms with Crippen LogP contribution in [-0.4, -0.2) is 38.4 Å². The van der Waals surface area contributed by atoms with E-state index < -0.39 is 23.2 Å². The molecule has 2 amide bonds. The number of carbonyl (C=O) groups is 2. The number of furan rings is 1. The fourth-order valence-electron chi connectivity index (χ4n) is 4.76. The van der Waals surface area contributed by atoms with Crippen LogP contribution >= 0.6 is 0 Å². The van der Waals surface area contributed by atoms with Crippen LogP contribution in [-0.2, 0) is 6.18 Å². The predicted molar refractivity (Wildman–Crippen MR) is 132 cm³/mol. The number of likely N-dealkylation sites (tertiary alicyclic amines) is 1. The summed E-state index contributed by atoms with van der Waals surface area (Å²) in [7, 11) is 0. The lowest BCUT2D eigenvalue weighted by Gasteiger charge is -2.35. The Morgan fingerprint density at radius 2 is 1.92 bits per heavy atom. The topological polar surface area (TPSA) is 104 Å². The lowest BCUT2D eigenvalue weighted by molar-refractivity contribution is -0.138. The van der Waals surface area contributed by atoms with E-state index in [1.807, 2.05) is 36.4 Å². The zero-order valence-corrected chi connectivity index (χ0v) is 20.4. The molecule has 1 aromatic carbocycles. The van der Waals surface area contributed by atoms with Crippen LogP contribution in [0.3, 0.4) is 0 Å². The first-order valence-electron chi connectivity index (χ1n) is 12.1. The minimum atomic E-state index is -4.74. The number of anilines is 1. The number of hydrogen-bond donors (Lipinski definition) is 2. The largest absolute Gasteiger partial charge is 0.468 e. The maximum Gasteiger partial charge on any atom is 0.420 e. The minimum absolute atomic E-state index is 0.0412.